The topological polar surface area (TPSA) is 53.8 Å². The fraction of sp³-hybridized carbons (Fsp3) is 0.571. The van der Waals surface area contributed by atoms with E-state index in [0.717, 1.165) is 44.0 Å². The summed E-state index contributed by atoms with van der Waals surface area (Å²) in [6.07, 6.45) is 0.982. The molecule has 1 aromatic carbocycles. The lowest BCUT2D eigenvalue weighted by atomic mass is 10.2. The minimum absolute atomic E-state index is 0.690. The van der Waals surface area contributed by atoms with E-state index >= 15 is 0 Å². The Balaban J connectivity index is 1.99. The molecule has 106 valence electrons. The number of benzene rings is 1. The van der Waals surface area contributed by atoms with Crippen LogP contribution in [0.1, 0.15) is 13.3 Å². The molecule has 0 amide bonds. The van der Waals surface area contributed by atoms with Crippen LogP contribution in [0.5, 0.6) is 5.75 Å². The van der Waals surface area contributed by atoms with E-state index in [0.29, 0.717) is 12.3 Å². The van der Waals surface area contributed by atoms with Crippen molar-refractivity contribution < 1.29 is 4.74 Å². The molecule has 0 unspecified atom stereocenters. The van der Waals surface area contributed by atoms with Gasteiger partial charge in [-0.25, -0.2) is 5.01 Å². The van der Waals surface area contributed by atoms with E-state index in [9.17, 15) is 0 Å². The molecule has 0 atom stereocenters. The number of nitrogens with one attached hydrogen (secondary N) is 1. The number of nitrogens with two attached hydrogens (primary N) is 1. The van der Waals surface area contributed by atoms with Crippen molar-refractivity contribution in [3.8, 4) is 5.75 Å². The minimum atomic E-state index is 0.690. The van der Waals surface area contributed by atoms with Gasteiger partial charge in [0, 0.05) is 26.2 Å². The first-order chi connectivity index (χ1) is 9.20. The molecule has 2 rings (SSSR count). The van der Waals surface area contributed by atoms with Gasteiger partial charge in [-0.2, -0.15) is 0 Å². The first-order valence-corrected chi connectivity index (χ1v) is 6.92. The van der Waals surface area contributed by atoms with E-state index in [1.54, 1.807) is 0 Å². The standard InChI is InChI=1S/C14H24N4O/c1-3-11-19-13-6-4-5-12(14(13)15)16-18-9-7-17(2)8-10-18/h4-6,16H,3,7-11,15H2,1-2H3. The van der Waals surface area contributed by atoms with Gasteiger partial charge in [-0.1, -0.05) is 13.0 Å². The summed E-state index contributed by atoms with van der Waals surface area (Å²) in [7, 11) is 2.14. The fourth-order valence-electron chi connectivity index (χ4n) is 2.07. The number of hydrogen-bond donors (Lipinski definition) is 2. The molecule has 5 heteroatoms. The monoisotopic (exact) mass is 264 g/mol. The minimum Gasteiger partial charge on any atom is -0.491 e. The number of para-hydroxylation sites is 1. The predicted octanol–water partition coefficient (Wildman–Crippen LogP) is 1.63. The molecule has 1 aromatic rings. The number of ether oxygens (including phenoxy) is 1. The van der Waals surface area contributed by atoms with Gasteiger partial charge in [-0.3, -0.25) is 0 Å². The Hall–Kier alpha value is -1.46. The Bertz CT molecular complexity index is 402. The highest BCUT2D eigenvalue weighted by molar-refractivity contribution is 5.72. The summed E-state index contributed by atoms with van der Waals surface area (Å²) >= 11 is 0. The molecule has 0 aliphatic carbocycles. The number of piperazine rings is 1. The van der Waals surface area contributed by atoms with E-state index in [4.69, 9.17) is 10.5 Å². The Kier molecular flexibility index (Phi) is 4.87. The van der Waals surface area contributed by atoms with E-state index in [1.165, 1.54) is 0 Å². The molecule has 1 aliphatic heterocycles. The highest BCUT2D eigenvalue weighted by atomic mass is 16.5. The molecule has 0 bridgehead atoms. The molecule has 1 fully saturated rings. The lowest BCUT2D eigenvalue weighted by molar-refractivity contribution is 0.179. The molecule has 1 saturated heterocycles. The maximum atomic E-state index is 6.14. The van der Waals surface area contributed by atoms with Crippen molar-refractivity contribution in [2.24, 2.45) is 0 Å². The molecule has 5 nitrogen and oxygen atoms in total. The molecule has 0 radical (unpaired) electrons. The number of hydrazine groups is 1. The number of rotatable bonds is 5. The Labute approximate surface area is 115 Å². The van der Waals surface area contributed by atoms with Crippen LogP contribution in [-0.2, 0) is 0 Å². The van der Waals surface area contributed by atoms with Gasteiger partial charge in [0.2, 0.25) is 0 Å². The van der Waals surface area contributed by atoms with Gasteiger partial charge < -0.3 is 20.8 Å². The summed E-state index contributed by atoms with van der Waals surface area (Å²) in [5, 5.41) is 2.20. The van der Waals surface area contributed by atoms with Crippen molar-refractivity contribution in [3.63, 3.8) is 0 Å². The number of hydrogen-bond acceptors (Lipinski definition) is 5. The first kappa shape index (κ1) is 14.0. The Morgan fingerprint density at radius 3 is 2.68 bits per heavy atom. The van der Waals surface area contributed by atoms with E-state index in [2.05, 4.69) is 29.3 Å². The van der Waals surface area contributed by atoms with Crippen LogP contribution in [0, 0.1) is 0 Å². The van der Waals surface area contributed by atoms with Gasteiger partial charge in [-0.15, -0.1) is 0 Å². The second kappa shape index (κ2) is 6.63. The quantitative estimate of drug-likeness (QED) is 0.792. The third-order valence-electron chi connectivity index (χ3n) is 3.31. The lowest BCUT2D eigenvalue weighted by Gasteiger charge is -2.33. The van der Waals surface area contributed by atoms with Crippen LogP contribution >= 0.6 is 0 Å². The lowest BCUT2D eigenvalue weighted by Crippen LogP contribution is -2.47. The van der Waals surface area contributed by atoms with Gasteiger partial charge in [0.15, 0.2) is 0 Å². The number of likely N-dealkylation sites (N-methyl/N-ethyl adjacent to an activating group) is 1. The summed E-state index contributed by atoms with van der Waals surface area (Å²) in [5.41, 5.74) is 11.2. The number of anilines is 2. The largest absolute Gasteiger partial charge is 0.491 e. The average molecular weight is 264 g/mol. The maximum Gasteiger partial charge on any atom is 0.144 e. The van der Waals surface area contributed by atoms with E-state index in [1.807, 2.05) is 18.2 Å². The molecule has 0 saturated carbocycles. The highest BCUT2D eigenvalue weighted by Crippen LogP contribution is 2.29. The van der Waals surface area contributed by atoms with Gasteiger partial charge in [-0.05, 0) is 25.6 Å². The zero-order valence-electron chi connectivity index (χ0n) is 11.9. The van der Waals surface area contributed by atoms with Crippen LogP contribution in [0.25, 0.3) is 0 Å². The highest BCUT2D eigenvalue weighted by Gasteiger charge is 2.15. The van der Waals surface area contributed by atoms with Crippen LogP contribution < -0.4 is 15.9 Å². The molecule has 0 spiro atoms. The molecule has 3 N–H and O–H groups in total. The molecular weight excluding hydrogens is 240 g/mol. The summed E-state index contributed by atoms with van der Waals surface area (Å²) < 4.78 is 5.64. The Morgan fingerprint density at radius 1 is 1.26 bits per heavy atom. The Morgan fingerprint density at radius 2 is 2.00 bits per heavy atom. The zero-order chi connectivity index (χ0) is 13.7. The van der Waals surface area contributed by atoms with Crippen LogP contribution in [0.3, 0.4) is 0 Å². The predicted molar refractivity (Wildman–Crippen MR) is 79.3 cm³/mol. The second-order valence-corrected chi connectivity index (χ2v) is 4.97. The second-order valence-electron chi connectivity index (χ2n) is 4.97. The summed E-state index contributed by atoms with van der Waals surface area (Å²) in [4.78, 5) is 2.32. The van der Waals surface area contributed by atoms with Crippen molar-refractivity contribution >= 4 is 11.4 Å². The third-order valence-corrected chi connectivity index (χ3v) is 3.31. The van der Waals surface area contributed by atoms with E-state index in [-0.39, 0.29) is 0 Å². The number of nitrogens with zero attached hydrogens (tertiary/aromatic N) is 2. The summed E-state index contributed by atoms with van der Waals surface area (Å²) in [6.45, 7) is 6.91. The van der Waals surface area contributed by atoms with Gasteiger partial charge >= 0.3 is 0 Å². The zero-order valence-corrected chi connectivity index (χ0v) is 11.9. The first-order valence-electron chi connectivity index (χ1n) is 6.92. The normalized spacial score (nSPS) is 17.4. The molecule has 19 heavy (non-hydrogen) atoms. The third kappa shape index (κ3) is 3.75. The molecular formula is C14H24N4O. The van der Waals surface area contributed by atoms with Crippen LogP contribution in [0.2, 0.25) is 0 Å². The van der Waals surface area contributed by atoms with Crippen LogP contribution in [-0.4, -0.2) is 49.7 Å². The maximum absolute atomic E-state index is 6.14. The van der Waals surface area contributed by atoms with Gasteiger partial charge in [0.1, 0.15) is 5.75 Å². The van der Waals surface area contributed by atoms with E-state index < -0.39 is 0 Å². The number of nitrogen functional groups attached to an aromatic ring is 1. The van der Waals surface area contributed by atoms with Crippen molar-refractivity contribution in [1.82, 2.24) is 9.91 Å². The van der Waals surface area contributed by atoms with Crippen LogP contribution in [0.15, 0.2) is 18.2 Å². The van der Waals surface area contributed by atoms with Gasteiger partial charge in [0.05, 0.1) is 18.0 Å². The molecule has 1 aliphatic rings. The van der Waals surface area contributed by atoms with Crippen molar-refractivity contribution in [1.29, 1.82) is 0 Å². The summed E-state index contributed by atoms with van der Waals surface area (Å²) in [6, 6.07) is 5.88. The average Bonchev–Trinajstić information content (AvgIpc) is 2.42. The smallest absolute Gasteiger partial charge is 0.144 e. The van der Waals surface area contributed by atoms with Crippen molar-refractivity contribution in [2.75, 3.05) is 51.0 Å². The van der Waals surface area contributed by atoms with Crippen molar-refractivity contribution in [3.05, 3.63) is 18.2 Å². The van der Waals surface area contributed by atoms with Crippen LogP contribution in [0.4, 0.5) is 11.4 Å². The SMILES string of the molecule is CCCOc1cccc(NN2CCN(C)CC2)c1N. The molecule has 0 aromatic heterocycles. The summed E-state index contributed by atoms with van der Waals surface area (Å²) in [5.74, 6) is 0.765. The fourth-order valence-corrected chi connectivity index (χ4v) is 2.07. The van der Waals surface area contributed by atoms with Crippen molar-refractivity contribution in [2.45, 2.75) is 13.3 Å². The molecule has 1 heterocycles. The van der Waals surface area contributed by atoms with Gasteiger partial charge in [0.25, 0.3) is 0 Å².